The minimum atomic E-state index is -4.13. The largest absolute Gasteiger partial charge is 0.481 e. The molecule has 0 spiro atoms. The third kappa shape index (κ3) is 21.6. The number of halogens is 3. The van der Waals surface area contributed by atoms with Gasteiger partial charge in [0.15, 0.2) is 0 Å². The summed E-state index contributed by atoms with van der Waals surface area (Å²) in [7, 11) is 0. The summed E-state index contributed by atoms with van der Waals surface area (Å²) >= 11 is 0. The average molecular weight is 901 g/mol. The van der Waals surface area contributed by atoms with E-state index in [9.17, 15) is 27.9 Å². The van der Waals surface area contributed by atoms with Crippen LogP contribution >= 0.6 is 0 Å². The van der Waals surface area contributed by atoms with Crippen LogP contribution in [0.5, 0.6) is 0 Å². The topological polar surface area (TPSA) is 81.1 Å². The van der Waals surface area contributed by atoms with Gasteiger partial charge in [0.1, 0.15) is 0 Å². The van der Waals surface area contributed by atoms with Crippen LogP contribution in [0.15, 0.2) is 48.5 Å². The molecule has 2 fully saturated rings. The summed E-state index contributed by atoms with van der Waals surface area (Å²) in [5, 5.41) is 18.5. The van der Waals surface area contributed by atoms with Crippen LogP contribution in [0.3, 0.4) is 0 Å². The number of carbonyl (C=O) groups is 2. The Kier molecular flexibility index (Phi) is 24.2. The first-order chi connectivity index (χ1) is 29.7. The number of likely N-dealkylation sites (tertiary alicyclic amines) is 2. The van der Waals surface area contributed by atoms with E-state index in [-0.39, 0.29) is 41.5 Å². The first-order valence-corrected chi connectivity index (χ1v) is 24.9. The molecule has 2 aliphatic heterocycles. The lowest BCUT2D eigenvalue weighted by Gasteiger charge is -2.45. The van der Waals surface area contributed by atoms with Crippen LogP contribution in [-0.4, -0.2) is 63.8 Å². The summed E-state index contributed by atoms with van der Waals surface area (Å²) in [5.41, 5.74) is 5.17. The Bertz CT molecular complexity index is 1610. The molecule has 64 heavy (non-hydrogen) atoms. The minimum Gasteiger partial charge on any atom is -0.481 e. The molecule has 366 valence electrons. The van der Waals surface area contributed by atoms with Crippen molar-refractivity contribution in [3.8, 4) is 0 Å². The second-order valence-corrected chi connectivity index (χ2v) is 22.3. The van der Waals surface area contributed by atoms with E-state index in [4.69, 9.17) is 5.11 Å². The third-order valence-corrected chi connectivity index (χ3v) is 13.8. The maximum atomic E-state index is 12.5. The van der Waals surface area contributed by atoms with Crippen molar-refractivity contribution in [1.29, 1.82) is 0 Å². The number of benzene rings is 2. The number of hydrogen-bond donors (Lipinski definition) is 2. The van der Waals surface area contributed by atoms with Gasteiger partial charge in [-0.25, -0.2) is 0 Å². The molecule has 2 heterocycles. The highest BCUT2D eigenvalue weighted by atomic mass is 19.4. The normalized spacial score (nSPS) is 21.1. The number of nitrogens with zero attached hydrogens (tertiary/aromatic N) is 2. The first kappa shape index (κ1) is 57.2. The molecule has 0 bridgehead atoms. The van der Waals surface area contributed by atoms with Gasteiger partial charge in [-0.05, 0) is 140 Å². The number of alkyl halides is 3. The number of aliphatic carboxylic acids is 2. The van der Waals surface area contributed by atoms with Gasteiger partial charge in [0.05, 0.1) is 0 Å². The van der Waals surface area contributed by atoms with Crippen LogP contribution < -0.4 is 0 Å². The smallest absolute Gasteiger partial charge is 0.389 e. The molecule has 2 saturated heterocycles. The van der Waals surface area contributed by atoms with Crippen LogP contribution in [0.4, 0.5) is 13.2 Å². The van der Waals surface area contributed by atoms with E-state index in [0.29, 0.717) is 38.0 Å². The van der Waals surface area contributed by atoms with E-state index in [1.165, 1.54) is 55.2 Å². The Morgan fingerprint density at radius 2 is 1.08 bits per heavy atom. The zero-order valence-corrected chi connectivity index (χ0v) is 42.5. The maximum absolute atomic E-state index is 12.5. The molecule has 2 N–H and O–H groups in total. The molecule has 0 aromatic heterocycles. The van der Waals surface area contributed by atoms with Crippen molar-refractivity contribution < 1.29 is 33.0 Å². The summed E-state index contributed by atoms with van der Waals surface area (Å²) < 4.78 is 37.5. The second-order valence-electron chi connectivity index (χ2n) is 22.3. The van der Waals surface area contributed by atoms with Gasteiger partial charge in [0.2, 0.25) is 0 Å². The van der Waals surface area contributed by atoms with E-state index in [0.717, 1.165) is 49.1 Å². The molecule has 0 aliphatic carbocycles. The standard InChI is InChI=1S/C29H49NO2.C21H30F3NO2.C5H12/c1-8-22(4)10-16-26(15-9-21(2)3)30-18-17-23(20-28(31)32)19-27(30)24-11-13-25(14-12-24)29(5,6)7;1-20(2,3)17-7-5-16(6-8-17)18-13-15(14-19(26)27)9-12-25(18)11-4-10-21(22,23)24;1-4-5(2)3/h11-14,21-23,26-27H,8-10,15-20H2,1-7H3,(H,31,32);5-8,15,18H,4,9-14H2,1-3H3,(H,26,27);5H,4H2,1-3H3/t;15-,18+;/m.1./s1. The van der Waals surface area contributed by atoms with Crippen molar-refractivity contribution in [1.82, 2.24) is 9.80 Å². The van der Waals surface area contributed by atoms with E-state index in [1.807, 2.05) is 12.1 Å². The number of piperidine rings is 2. The summed E-state index contributed by atoms with van der Waals surface area (Å²) in [6.45, 7) is 31.2. The van der Waals surface area contributed by atoms with Crippen LogP contribution in [-0.2, 0) is 20.4 Å². The van der Waals surface area contributed by atoms with Crippen LogP contribution in [0.1, 0.15) is 214 Å². The Labute approximate surface area is 388 Å². The van der Waals surface area contributed by atoms with E-state index >= 15 is 0 Å². The lowest BCUT2D eigenvalue weighted by molar-refractivity contribution is -0.140. The Morgan fingerprint density at radius 1 is 0.641 bits per heavy atom. The summed E-state index contributed by atoms with van der Waals surface area (Å²) in [6.07, 6.45) is 6.52. The van der Waals surface area contributed by atoms with Gasteiger partial charge in [-0.1, -0.05) is 151 Å². The molecule has 4 unspecified atom stereocenters. The molecule has 0 amide bonds. The number of carboxylic acids is 2. The lowest BCUT2D eigenvalue weighted by Crippen LogP contribution is -2.44. The van der Waals surface area contributed by atoms with Gasteiger partial charge >= 0.3 is 18.1 Å². The van der Waals surface area contributed by atoms with Crippen LogP contribution in [0.2, 0.25) is 0 Å². The Hall–Kier alpha value is -2.91. The molecule has 0 radical (unpaired) electrons. The first-order valence-electron chi connectivity index (χ1n) is 24.9. The number of hydrogen-bond acceptors (Lipinski definition) is 4. The predicted molar refractivity (Wildman–Crippen MR) is 261 cm³/mol. The highest BCUT2D eigenvalue weighted by Gasteiger charge is 2.36. The van der Waals surface area contributed by atoms with Crippen molar-refractivity contribution in [2.75, 3.05) is 19.6 Å². The Morgan fingerprint density at radius 3 is 1.48 bits per heavy atom. The zero-order chi connectivity index (χ0) is 48.4. The van der Waals surface area contributed by atoms with E-state index < -0.39 is 24.5 Å². The highest BCUT2D eigenvalue weighted by Crippen LogP contribution is 2.41. The Balaban J connectivity index is 0.000000402. The fraction of sp³-hybridized carbons (Fsp3) is 0.745. The molecule has 6 atom stereocenters. The van der Waals surface area contributed by atoms with Crippen molar-refractivity contribution in [3.05, 3.63) is 70.8 Å². The van der Waals surface area contributed by atoms with Crippen molar-refractivity contribution in [2.24, 2.45) is 29.6 Å². The van der Waals surface area contributed by atoms with Gasteiger partial charge in [0.25, 0.3) is 0 Å². The van der Waals surface area contributed by atoms with Gasteiger partial charge in [-0.2, -0.15) is 13.2 Å². The van der Waals surface area contributed by atoms with Gasteiger partial charge in [0, 0.05) is 37.4 Å². The van der Waals surface area contributed by atoms with Gasteiger partial charge < -0.3 is 10.2 Å². The lowest BCUT2D eigenvalue weighted by atomic mass is 9.81. The molecular weight excluding hydrogens is 810 g/mol. The molecule has 9 heteroatoms. The van der Waals surface area contributed by atoms with E-state index in [2.05, 4.69) is 136 Å². The average Bonchev–Trinajstić information content (AvgIpc) is 3.20. The minimum absolute atomic E-state index is 0.0228. The highest BCUT2D eigenvalue weighted by molar-refractivity contribution is 5.67. The van der Waals surface area contributed by atoms with Crippen molar-refractivity contribution >= 4 is 11.9 Å². The summed E-state index contributed by atoms with van der Waals surface area (Å²) in [4.78, 5) is 27.4. The predicted octanol–water partition coefficient (Wildman–Crippen LogP) is 15.4. The number of carboxylic acid groups (broad SMARTS) is 2. The monoisotopic (exact) mass is 901 g/mol. The molecule has 2 aliphatic rings. The third-order valence-electron chi connectivity index (χ3n) is 13.8. The number of rotatable bonds is 18. The van der Waals surface area contributed by atoms with Crippen molar-refractivity contribution in [3.63, 3.8) is 0 Å². The van der Waals surface area contributed by atoms with Gasteiger partial charge in [-0.15, -0.1) is 0 Å². The fourth-order valence-electron chi connectivity index (χ4n) is 8.96. The second kappa shape index (κ2) is 27.0. The zero-order valence-electron chi connectivity index (χ0n) is 42.5. The van der Waals surface area contributed by atoms with Crippen LogP contribution in [0, 0.1) is 29.6 Å². The van der Waals surface area contributed by atoms with Gasteiger partial charge in [-0.3, -0.25) is 19.4 Å². The summed E-state index contributed by atoms with van der Waals surface area (Å²) in [5.74, 6) is 1.24. The molecule has 0 saturated carbocycles. The van der Waals surface area contributed by atoms with Crippen LogP contribution in [0.25, 0.3) is 0 Å². The maximum Gasteiger partial charge on any atom is 0.389 e. The molecular formula is C55H91F3N2O4. The quantitative estimate of drug-likeness (QED) is 0.155. The molecule has 4 rings (SSSR count). The molecule has 6 nitrogen and oxygen atoms in total. The molecule has 2 aromatic carbocycles. The molecule has 2 aromatic rings. The van der Waals surface area contributed by atoms with E-state index in [1.54, 1.807) is 0 Å². The SMILES string of the molecule is CC(C)(C)c1ccc([C@@H]2C[C@H](CC(=O)O)CCN2CCCC(F)(F)F)cc1.CCC(C)C.CCC(C)CCC(CCC(C)C)N1CCC(CC(=O)O)CC1c1ccc(C(C)(C)C)cc1. The summed E-state index contributed by atoms with van der Waals surface area (Å²) in [6, 6.07) is 18.3. The fourth-order valence-corrected chi connectivity index (χ4v) is 8.96. The van der Waals surface area contributed by atoms with Crippen molar-refractivity contribution in [2.45, 2.75) is 215 Å².